The Kier molecular flexibility index (Phi) is 4.17. The molecule has 1 atom stereocenters. The maximum atomic E-state index is 5.57. The molecule has 15 heavy (non-hydrogen) atoms. The summed E-state index contributed by atoms with van der Waals surface area (Å²) in [5.74, 6) is 6.17. The molecule has 0 aliphatic heterocycles. The smallest absolute Gasteiger partial charge is 0.0648 e. The molecular weight excluding hydrogens is 188 g/mol. The van der Waals surface area contributed by atoms with Crippen molar-refractivity contribution >= 4 is 0 Å². The fraction of sp³-hybridized carbons (Fsp3) is 0.636. The van der Waals surface area contributed by atoms with E-state index in [9.17, 15) is 0 Å². The first-order chi connectivity index (χ1) is 7.04. The van der Waals surface area contributed by atoms with Crippen LogP contribution in [-0.2, 0) is 0 Å². The number of aromatic nitrogens is 2. The van der Waals surface area contributed by atoms with E-state index in [1.54, 1.807) is 0 Å². The van der Waals surface area contributed by atoms with Gasteiger partial charge in [-0.2, -0.15) is 10.2 Å². The Labute approximate surface area is 91.3 Å². The number of hydrogen-bond acceptors (Lipinski definition) is 4. The number of rotatable bonds is 4. The second kappa shape index (κ2) is 5.19. The molecule has 0 amide bonds. The molecule has 0 radical (unpaired) electrons. The SMILES string of the molecule is Cc1cc(C(CC(C)C)NN)c(C)nn1. The lowest BCUT2D eigenvalue weighted by atomic mass is 9.96. The molecule has 0 saturated carbocycles. The van der Waals surface area contributed by atoms with Crippen molar-refractivity contribution in [1.29, 1.82) is 0 Å². The highest BCUT2D eigenvalue weighted by molar-refractivity contribution is 5.23. The molecule has 84 valence electrons. The van der Waals surface area contributed by atoms with Crippen LogP contribution in [0.4, 0.5) is 0 Å². The second-order valence-electron chi connectivity index (χ2n) is 4.38. The summed E-state index contributed by atoms with van der Waals surface area (Å²) >= 11 is 0. The highest BCUT2D eigenvalue weighted by atomic mass is 15.2. The predicted molar refractivity (Wildman–Crippen MR) is 61.0 cm³/mol. The van der Waals surface area contributed by atoms with Crippen molar-refractivity contribution in [3.8, 4) is 0 Å². The Morgan fingerprint density at radius 3 is 2.53 bits per heavy atom. The number of hydrogen-bond donors (Lipinski definition) is 2. The number of nitrogens with two attached hydrogens (primary N) is 1. The second-order valence-corrected chi connectivity index (χ2v) is 4.38. The fourth-order valence-electron chi connectivity index (χ4n) is 1.68. The zero-order chi connectivity index (χ0) is 11.4. The van der Waals surface area contributed by atoms with Crippen LogP contribution < -0.4 is 11.3 Å². The lowest BCUT2D eigenvalue weighted by Crippen LogP contribution is -2.30. The van der Waals surface area contributed by atoms with E-state index < -0.39 is 0 Å². The highest BCUT2D eigenvalue weighted by Crippen LogP contribution is 2.22. The summed E-state index contributed by atoms with van der Waals surface area (Å²) in [5.41, 5.74) is 5.88. The van der Waals surface area contributed by atoms with Gasteiger partial charge in [-0.05, 0) is 37.8 Å². The number of aryl methyl sites for hydroxylation is 2. The van der Waals surface area contributed by atoms with Crippen molar-refractivity contribution in [2.75, 3.05) is 0 Å². The maximum absolute atomic E-state index is 5.57. The molecule has 0 bridgehead atoms. The van der Waals surface area contributed by atoms with E-state index in [0.29, 0.717) is 5.92 Å². The monoisotopic (exact) mass is 208 g/mol. The van der Waals surface area contributed by atoms with Crippen molar-refractivity contribution < 1.29 is 0 Å². The van der Waals surface area contributed by atoms with E-state index in [-0.39, 0.29) is 6.04 Å². The Morgan fingerprint density at radius 2 is 2.00 bits per heavy atom. The van der Waals surface area contributed by atoms with Gasteiger partial charge in [0.15, 0.2) is 0 Å². The fourth-order valence-corrected chi connectivity index (χ4v) is 1.68. The molecule has 3 N–H and O–H groups in total. The number of hydrazine groups is 1. The van der Waals surface area contributed by atoms with E-state index in [1.165, 1.54) is 0 Å². The van der Waals surface area contributed by atoms with Gasteiger partial charge < -0.3 is 0 Å². The van der Waals surface area contributed by atoms with E-state index in [0.717, 1.165) is 23.4 Å². The van der Waals surface area contributed by atoms with Crippen molar-refractivity contribution in [3.63, 3.8) is 0 Å². The maximum Gasteiger partial charge on any atom is 0.0648 e. The first-order valence-corrected chi connectivity index (χ1v) is 5.31. The van der Waals surface area contributed by atoms with E-state index >= 15 is 0 Å². The molecule has 1 aromatic heterocycles. The van der Waals surface area contributed by atoms with E-state index in [1.807, 2.05) is 13.8 Å². The van der Waals surface area contributed by atoms with Gasteiger partial charge in [0.05, 0.1) is 11.4 Å². The quantitative estimate of drug-likeness (QED) is 0.583. The summed E-state index contributed by atoms with van der Waals surface area (Å²) in [6.45, 7) is 8.27. The van der Waals surface area contributed by atoms with Gasteiger partial charge in [0.1, 0.15) is 0 Å². The van der Waals surface area contributed by atoms with Gasteiger partial charge in [-0.3, -0.25) is 11.3 Å². The summed E-state index contributed by atoms with van der Waals surface area (Å²) < 4.78 is 0. The summed E-state index contributed by atoms with van der Waals surface area (Å²) in [6.07, 6.45) is 1.00. The molecule has 0 fully saturated rings. The third-order valence-corrected chi connectivity index (χ3v) is 2.42. The molecule has 0 spiro atoms. The van der Waals surface area contributed by atoms with Gasteiger partial charge in [0.2, 0.25) is 0 Å². The van der Waals surface area contributed by atoms with Crippen LogP contribution in [0, 0.1) is 19.8 Å². The summed E-state index contributed by atoms with van der Waals surface area (Å²) in [5, 5.41) is 8.13. The number of nitrogens with one attached hydrogen (secondary N) is 1. The molecule has 0 aliphatic rings. The lowest BCUT2D eigenvalue weighted by molar-refractivity contribution is 0.434. The Balaban J connectivity index is 2.95. The van der Waals surface area contributed by atoms with Gasteiger partial charge in [0, 0.05) is 6.04 Å². The summed E-state index contributed by atoms with van der Waals surface area (Å²) in [4.78, 5) is 0. The molecule has 0 aliphatic carbocycles. The van der Waals surface area contributed by atoms with Crippen LogP contribution >= 0.6 is 0 Å². The van der Waals surface area contributed by atoms with Crippen LogP contribution in [-0.4, -0.2) is 10.2 Å². The Hall–Kier alpha value is -1.00. The third-order valence-electron chi connectivity index (χ3n) is 2.42. The third kappa shape index (κ3) is 3.25. The summed E-state index contributed by atoms with van der Waals surface area (Å²) in [6, 6.07) is 2.22. The minimum Gasteiger partial charge on any atom is -0.271 e. The van der Waals surface area contributed by atoms with Crippen LogP contribution in [0.1, 0.15) is 43.3 Å². The van der Waals surface area contributed by atoms with Crippen LogP contribution in [0.3, 0.4) is 0 Å². The van der Waals surface area contributed by atoms with Crippen molar-refractivity contribution in [1.82, 2.24) is 15.6 Å². The highest BCUT2D eigenvalue weighted by Gasteiger charge is 2.15. The number of nitrogens with zero attached hydrogens (tertiary/aromatic N) is 2. The molecule has 1 heterocycles. The first kappa shape index (κ1) is 12.1. The zero-order valence-corrected chi connectivity index (χ0v) is 9.91. The Bertz CT molecular complexity index is 322. The first-order valence-electron chi connectivity index (χ1n) is 5.31. The average molecular weight is 208 g/mol. The van der Waals surface area contributed by atoms with E-state index in [4.69, 9.17) is 5.84 Å². The zero-order valence-electron chi connectivity index (χ0n) is 9.91. The average Bonchev–Trinajstić information content (AvgIpc) is 2.18. The Morgan fingerprint density at radius 1 is 1.33 bits per heavy atom. The lowest BCUT2D eigenvalue weighted by Gasteiger charge is -2.19. The van der Waals surface area contributed by atoms with Gasteiger partial charge in [-0.25, -0.2) is 0 Å². The molecular formula is C11H20N4. The molecule has 4 nitrogen and oxygen atoms in total. The van der Waals surface area contributed by atoms with Crippen LogP contribution in [0.25, 0.3) is 0 Å². The molecule has 1 aromatic rings. The van der Waals surface area contributed by atoms with Crippen LogP contribution in [0.2, 0.25) is 0 Å². The normalized spacial score (nSPS) is 13.2. The molecule has 4 heteroatoms. The van der Waals surface area contributed by atoms with Crippen LogP contribution in [0.15, 0.2) is 6.07 Å². The van der Waals surface area contributed by atoms with Gasteiger partial charge in [-0.1, -0.05) is 13.8 Å². The van der Waals surface area contributed by atoms with Crippen molar-refractivity contribution in [2.24, 2.45) is 11.8 Å². The largest absolute Gasteiger partial charge is 0.271 e. The van der Waals surface area contributed by atoms with Crippen molar-refractivity contribution in [2.45, 2.75) is 40.2 Å². The minimum atomic E-state index is 0.166. The molecule has 0 saturated heterocycles. The minimum absolute atomic E-state index is 0.166. The molecule has 0 aromatic carbocycles. The van der Waals surface area contributed by atoms with E-state index in [2.05, 4.69) is 35.5 Å². The van der Waals surface area contributed by atoms with Gasteiger partial charge in [-0.15, -0.1) is 0 Å². The van der Waals surface area contributed by atoms with Gasteiger partial charge >= 0.3 is 0 Å². The topological polar surface area (TPSA) is 63.8 Å². The summed E-state index contributed by atoms with van der Waals surface area (Å²) in [7, 11) is 0. The molecule has 1 unspecified atom stereocenters. The van der Waals surface area contributed by atoms with Gasteiger partial charge in [0.25, 0.3) is 0 Å². The van der Waals surface area contributed by atoms with Crippen molar-refractivity contribution in [3.05, 3.63) is 23.0 Å². The standard InChI is InChI=1S/C11H20N4/c1-7(2)5-11(13-12)10-6-8(3)14-15-9(10)4/h6-7,11,13H,5,12H2,1-4H3. The van der Waals surface area contributed by atoms with Crippen LogP contribution in [0.5, 0.6) is 0 Å². The predicted octanol–water partition coefficient (Wildman–Crippen LogP) is 1.64. The molecule has 1 rings (SSSR count).